The molecule has 3 rings (SSSR count). The van der Waals surface area contributed by atoms with Crippen molar-refractivity contribution in [3.05, 3.63) is 86.8 Å². The summed E-state index contributed by atoms with van der Waals surface area (Å²) >= 11 is 6.21. The summed E-state index contributed by atoms with van der Waals surface area (Å²) in [6.07, 6.45) is 1.53. The molecule has 0 saturated carbocycles. The molecule has 0 fully saturated rings. The Hall–Kier alpha value is -3.16. The van der Waals surface area contributed by atoms with E-state index in [0.29, 0.717) is 17.5 Å². The van der Waals surface area contributed by atoms with E-state index >= 15 is 0 Å². The number of aliphatic hydroxyl groups excluding tert-OH is 1. The van der Waals surface area contributed by atoms with Crippen LogP contribution in [0, 0.1) is 6.92 Å². The second kappa shape index (κ2) is 10.0. The van der Waals surface area contributed by atoms with E-state index in [1.165, 1.54) is 0 Å². The van der Waals surface area contributed by atoms with Crippen molar-refractivity contribution in [1.82, 2.24) is 14.9 Å². The maximum atomic E-state index is 12.6. The average molecular weight is 427 g/mol. The monoisotopic (exact) mass is 426 g/mol. The molecule has 0 unspecified atom stereocenters. The van der Waals surface area contributed by atoms with Gasteiger partial charge in [0.2, 0.25) is 11.9 Å². The number of amides is 1. The second-order valence-corrected chi connectivity index (χ2v) is 7.20. The standard InChI is InChI=1S/C22H23ClN4O3/c1-15-18(23)8-5-9-19(15)25-22-26-21(30)17(12-20(29)24-10-11-28)14-27(22)13-16-6-3-2-4-7-16/h2-9,14,28H,10-13H2,1H3,(H,24,29)(H,25,26,30). The Morgan fingerprint density at radius 1 is 1.17 bits per heavy atom. The summed E-state index contributed by atoms with van der Waals surface area (Å²) in [5.74, 6) is 0.00865. The lowest BCUT2D eigenvalue weighted by Gasteiger charge is -2.17. The summed E-state index contributed by atoms with van der Waals surface area (Å²) in [6, 6.07) is 15.2. The van der Waals surface area contributed by atoms with Gasteiger partial charge in [-0.05, 0) is 30.2 Å². The number of aliphatic hydroxyl groups is 1. The van der Waals surface area contributed by atoms with Crippen LogP contribution in [-0.4, -0.2) is 33.7 Å². The van der Waals surface area contributed by atoms with Crippen molar-refractivity contribution in [2.24, 2.45) is 0 Å². The Labute approximate surface area is 179 Å². The minimum absolute atomic E-state index is 0.114. The normalized spacial score (nSPS) is 10.6. The zero-order chi connectivity index (χ0) is 21.5. The summed E-state index contributed by atoms with van der Waals surface area (Å²) in [5, 5.41) is 15.2. The maximum Gasteiger partial charge on any atom is 0.278 e. The number of aromatic nitrogens is 2. The molecular formula is C22H23ClN4O3. The Morgan fingerprint density at radius 2 is 1.93 bits per heavy atom. The zero-order valence-electron chi connectivity index (χ0n) is 16.6. The number of nitrogens with zero attached hydrogens (tertiary/aromatic N) is 2. The summed E-state index contributed by atoms with van der Waals surface area (Å²) < 4.78 is 1.80. The predicted molar refractivity (Wildman–Crippen MR) is 117 cm³/mol. The van der Waals surface area contributed by atoms with E-state index in [1.54, 1.807) is 16.8 Å². The van der Waals surface area contributed by atoms with Crippen LogP contribution in [0.1, 0.15) is 16.7 Å². The highest BCUT2D eigenvalue weighted by molar-refractivity contribution is 6.31. The maximum absolute atomic E-state index is 12.6. The van der Waals surface area contributed by atoms with E-state index in [1.807, 2.05) is 49.4 Å². The van der Waals surface area contributed by atoms with E-state index in [0.717, 1.165) is 16.8 Å². The molecule has 30 heavy (non-hydrogen) atoms. The number of hydrogen-bond donors (Lipinski definition) is 3. The van der Waals surface area contributed by atoms with Crippen LogP contribution in [0.4, 0.5) is 11.6 Å². The van der Waals surface area contributed by atoms with Crippen molar-refractivity contribution >= 4 is 29.1 Å². The van der Waals surface area contributed by atoms with Gasteiger partial charge in [0.25, 0.3) is 5.56 Å². The summed E-state index contributed by atoms with van der Waals surface area (Å²) in [6.45, 7) is 2.31. The number of hydrogen-bond acceptors (Lipinski definition) is 5. The van der Waals surface area contributed by atoms with Crippen molar-refractivity contribution in [2.75, 3.05) is 18.5 Å². The molecule has 0 atom stereocenters. The van der Waals surface area contributed by atoms with Gasteiger partial charge in [-0.1, -0.05) is 48.0 Å². The van der Waals surface area contributed by atoms with Crippen molar-refractivity contribution in [1.29, 1.82) is 0 Å². The number of benzene rings is 2. The van der Waals surface area contributed by atoms with Gasteiger partial charge in [0, 0.05) is 29.0 Å². The van der Waals surface area contributed by atoms with Crippen LogP contribution in [0.15, 0.2) is 59.5 Å². The molecule has 8 heteroatoms. The van der Waals surface area contributed by atoms with Crippen molar-refractivity contribution < 1.29 is 9.90 Å². The van der Waals surface area contributed by atoms with Gasteiger partial charge in [0.1, 0.15) is 0 Å². The van der Waals surface area contributed by atoms with Crippen molar-refractivity contribution in [3.8, 4) is 0 Å². The average Bonchev–Trinajstić information content (AvgIpc) is 2.73. The van der Waals surface area contributed by atoms with Crippen LogP contribution in [-0.2, 0) is 17.8 Å². The number of rotatable bonds is 8. The highest BCUT2D eigenvalue weighted by atomic mass is 35.5. The van der Waals surface area contributed by atoms with Crippen molar-refractivity contribution in [2.45, 2.75) is 19.9 Å². The third-order valence-electron chi connectivity index (χ3n) is 4.56. The lowest BCUT2D eigenvalue weighted by molar-refractivity contribution is -0.120. The molecule has 7 nitrogen and oxygen atoms in total. The van der Waals surface area contributed by atoms with Gasteiger partial charge in [-0.2, -0.15) is 4.98 Å². The number of halogens is 1. The first-order valence-corrected chi connectivity index (χ1v) is 9.89. The van der Waals surface area contributed by atoms with Gasteiger partial charge in [0.15, 0.2) is 0 Å². The minimum atomic E-state index is -0.486. The second-order valence-electron chi connectivity index (χ2n) is 6.80. The van der Waals surface area contributed by atoms with Crippen LogP contribution in [0.5, 0.6) is 0 Å². The first kappa shape index (κ1) is 21.5. The number of anilines is 2. The molecule has 0 spiro atoms. The fourth-order valence-electron chi connectivity index (χ4n) is 2.95. The zero-order valence-corrected chi connectivity index (χ0v) is 17.3. The Bertz CT molecular complexity index is 1080. The highest BCUT2D eigenvalue weighted by Gasteiger charge is 2.14. The lowest BCUT2D eigenvalue weighted by atomic mass is 10.2. The minimum Gasteiger partial charge on any atom is -0.395 e. The molecule has 0 saturated heterocycles. The molecule has 156 valence electrons. The molecule has 3 N–H and O–H groups in total. The van der Waals surface area contributed by atoms with Crippen LogP contribution >= 0.6 is 11.6 Å². The molecule has 0 aliphatic heterocycles. The predicted octanol–water partition coefficient (Wildman–Crippen LogP) is 2.65. The van der Waals surface area contributed by atoms with Gasteiger partial charge in [-0.15, -0.1) is 0 Å². The van der Waals surface area contributed by atoms with Crippen LogP contribution in [0.2, 0.25) is 5.02 Å². The number of carbonyl (C=O) groups is 1. The smallest absolute Gasteiger partial charge is 0.278 e. The van der Waals surface area contributed by atoms with E-state index in [-0.39, 0.29) is 31.0 Å². The first-order valence-electron chi connectivity index (χ1n) is 9.52. The SMILES string of the molecule is Cc1c(Cl)cccc1Nc1nc(=O)c(CC(=O)NCCO)cn1Cc1ccccc1. The van der Waals surface area contributed by atoms with Gasteiger partial charge in [-0.3, -0.25) is 9.59 Å². The summed E-state index contributed by atoms with van der Waals surface area (Å²) in [5.41, 5.74) is 2.39. The molecular weight excluding hydrogens is 404 g/mol. The first-order chi connectivity index (χ1) is 14.5. The van der Waals surface area contributed by atoms with E-state index in [9.17, 15) is 9.59 Å². The van der Waals surface area contributed by atoms with Crippen molar-refractivity contribution in [3.63, 3.8) is 0 Å². The molecule has 0 radical (unpaired) electrons. The van der Waals surface area contributed by atoms with Gasteiger partial charge in [0.05, 0.1) is 19.6 Å². The summed E-state index contributed by atoms with van der Waals surface area (Å²) in [4.78, 5) is 28.8. The quantitative estimate of drug-likeness (QED) is 0.514. The highest BCUT2D eigenvalue weighted by Crippen LogP contribution is 2.25. The molecule has 1 heterocycles. The van der Waals surface area contributed by atoms with Crippen LogP contribution < -0.4 is 16.2 Å². The van der Waals surface area contributed by atoms with E-state index in [2.05, 4.69) is 15.6 Å². The Kier molecular flexibility index (Phi) is 7.21. The molecule has 0 bridgehead atoms. The molecule has 3 aromatic rings. The Morgan fingerprint density at radius 3 is 2.67 bits per heavy atom. The van der Waals surface area contributed by atoms with Gasteiger partial charge >= 0.3 is 0 Å². The fourth-order valence-corrected chi connectivity index (χ4v) is 3.13. The fraction of sp³-hybridized carbons (Fsp3) is 0.227. The van der Waals surface area contributed by atoms with E-state index < -0.39 is 5.56 Å². The molecule has 2 aromatic carbocycles. The lowest BCUT2D eigenvalue weighted by Crippen LogP contribution is -2.31. The third kappa shape index (κ3) is 5.46. The molecule has 1 aromatic heterocycles. The topological polar surface area (TPSA) is 96.2 Å². The van der Waals surface area contributed by atoms with Gasteiger partial charge < -0.3 is 20.3 Å². The molecule has 0 aliphatic carbocycles. The van der Waals surface area contributed by atoms with Crippen LogP contribution in [0.3, 0.4) is 0 Å². The number of carbonyl (C=O) groups excluding carboxylic acids is 1. The number of nitrogens with one attached hydrogen (secondary N) is 2. The van der Waals surface area contributed by atoms with E-state index in [4.69, 9.17) is 16.7 Å². The molecule has 1 amide bonds. The Balaban J connectivity index is 1.97. The molecule has 0 aliphatic rings. The third-order valence-corrected chi connectivity index (χ3v) is 4.97. The summed E-state index contributed by atoms with van der Waals surface area (Å²) in [7, 11) is 0. The van der Waals surface area contributed by atoms with Gasteiger partial charge in [-0.25, -0.2) is 0 Å². The van der Waals surface area contributed by atoms with Crippen LogP contribution in [0.25, 0.3) is 0 Å². The largest absolute Gasteiger partial charge is 0.395 e.